The molecule has 2 aliphatic heterocycles. The molecule has 2 fully saturated rings. The van der Waals surface area contributed by atoms with E-state index in [2.05, 4.69) is 39.1 Å². The van der Waals surface area contributed by atoms with E-state index >= 15 is 0 Å². The fraction of sp³-hybridized carbons (Fsp3) is 0.714. The number of nitrogens with one attached hydrogen (secondary N) is 1. The maximum absolute atomic E-state index is 3.75. The summed E-state index contributed by atoms with van der Waals surface area (Å²) >= 11 is 5.50. The van der Waals surface area contributed by atoms with Crippen LogP contribution in [0.2, 0.25) is 0 Å². The van der Waals surface area contributed by atoms with Crippen molar-refractivity contribution < 1.29 is 0 Å². The van der Waals surface area contributed by atoms with Crippen LogP contribution in [0.5, 0.6) is 0 Å². The van der Waals surface area contributed by atoms with E-state index in [0.29, 0.717) is 0 Å². The number of thiophene rings is 1. The zero-order valence-electron chi connectivity index (χ0n) is 10.9. The first-order valence-corrected chi connectivity index (χ1v) is 8.55. The first kappa shape index (κ1) is 13.1. The molecule has 0 amide bonds. The Labute approximate surface area is 122 Å². The highest BCUT2D eigenvalue weighted by atomic mass is 79.9. The third-order valence-corrected chi connectivity index (χ3v) is 6.43. The number of hydrogen-bond acceptors (Lipinski definition) is 3. The minimum absolute atomic E-state index is 0.727. The van der Waals surface area contributed by atoms with Crippen molar-refractivity contribution in [2.75, 3.05) is 13.1 Å². The Bertz CT molecular complexity index is 398. The van der Waals surface area contributed by atoms with E-state index in [1.165, 1.54) is 53.0 Å². The monoisotopic (exact) mass is 328 g/mol. The van der Waals surface area contributed by atoms with Gasteiger partial charge in [-0.15, -0.1) is 11.3 Å². The first-order chi connectivity index (χ1) is 8.72. The highest BCUT2D eigenvalue weighted by molar-refractivity contribution is 9.10. The molecule has 2 atom stereocenters. The summed E-state index contributed by atoms with van der Waals surface area (Å²) in [5.41, 5.74) is 0. The molecule has 0 aromatic carbocycles. The molecule has 18 heavy (non-hydrogen) atoms. The average molecular weight is 329 g/mol. The molecule has 2 nitrogen and oxygen atoms in total. The maximum atomic E-state index is 3.75. The molecule has 0 radical (unpaired) electrons. The largest absolute Gasteiger partial charge is 0.309 e. The molecule has 4 heteroatoms. The highest BCUT2D eigenvalue weighted by Gasteiger charge is 2.31. The second-order valence-electron chi connectivity index (χ2n) is 5.55. The summed E-state index contributed by atoms with van der Waals surface area (Å²) in [5, 5.41) is 3.75. The van der Waals surface area contributed by atoms with Gasteiger partial charge >= 0.3 is 0 Å². The quantitative estimate of drug-likeness (QED) is 0.913. The van der Waals surface area contributed by atoms with Gasteiger partial charge in [-0.25, -0.2) is 0 Å². The Kier molecular flexibility index (Phi) is 4.09. The minimum atomic E-state index is 0.727. The van der Waals surface area contributed by atoms with E-state index in [-0.39, 0.29) is 0 Å². The van der Waals surface area contributed by atoms with Crippen LogP contribution in [0.4, 0.5) is 0 Å². The molecule has 2 saturated heterocycles. The Balaban J connectivity index is 1.51. The normalized spacial score (nSPS) is 28.6. The number of halogens is 1. The molecule has 1 aromatic rings. The van der Waals surface area contributed by atoms with Crippen molar-refractivity contribution in [1.29, 1.82) is 0 Å². The molecular formula is C14H21BrN2S. The first-order valence-electron chi connectivity index (χ1n) is 6.94. The van der Waals surface area contributed by atoms with Gasteiger partial charge in [0.25, 0.3) is 0 Å². The van der Waals surface area contributed by atoms with Crippen LogP contribution < -0.4 is 5.32 Å². The molecule has 1 aromatic heterocycles. The summed E-state index contributed by atoms with van der Waals surface area (Å²) < 4.78 is 1.26. The molecular weight excluding hydrogens is 308 g/mol. The van der Waals surface area contributed by atoms with Gasteiger partial charge in [0.05, 0.1) is 0 Å². The molecule has 0 bridgehead atoms. The lowest BCUT2D eigenvalue weighted by molar-refractivity contribution is 0.166. The zero-order chi connectivity index (χ0) is 12.5. The molecule has 1 N–H and O–H groups in total. The van der Waals surface area contributed by atoms with Crippen molar-refractivity contribution in [3.8, 4) is 0 Å². The van der Waals surface area contributed by atoms with Crippen molar-refractivity contribution >= 4 is 27.3 Å². The van der Waals surface area contributed by atoms with Crippen molar-refractivity contribution in [2.45, 2.75) is 51.2 Å². The van der Waals surface area contributed by atoms with E-state index in [1.807, 2.05) is 11.3 Å². The molecule has 0 aliphatic carbocycles. The van der Waals surface area contributed by atoms with Gasteiger partial charge in [-0.05, 0) is 67.7 Å². The summed E-state index contributed by atoms with van der Waals surface area (Å²) in [6.07, 6.45) is 5.50. The highest BCUT2D eigenvalue weighted by Crippen LogP contribution is 2.28. The third-order valence-electron chi connectivity index (χ3n) is 4.29. The van der Waals surface area contributed by atoms with Gasteiger partial charge in [-0.1, -0.05) is 0 Å². The summed E-state index contributed by atoms with van der Waals surface area (Å²) in [5.74, 6) is 0. The second kappa shape index (κ2) is 5.61. The summed E-state index contributed by atoms with van der Waals surface area (Å²) in [4.78, 5) is 5.52. The average Bonchev–Trinajstić information content (AvgIpc) is 2.94. The van der Waals surface area contributed by atoms with Gasteiger partial charge in [0, 0.05) is 32.9 Å². The molecule has 3 heterocycles. The van der Waals surface area contributed by atoms with E-state index in [1.54, 1.807) is 0 Å². The van der Waals surface area contributed by atoms with E-state index < -0.39 is 0 Å². The minimum Gasteiger partial charge on any atom is -0.309 e. The molecule has 3 rings (SSSR count). The van der Waals surface area contributed by atoms with Crippen LogP contribution in [0.3, 0.4) is 0 Å². The lowest BCUT2D eigenvalue weighted by Gasteiger charge is -2.35. The van der Waals surface area contributed by atoms with Crippen LogP contribution in [0.25, 0.3) is 0 Å². The van der Waals surface area contributed by atoms with Crippen LogP contribution in [-0.4, -0.2) is 30.1 Å². The molecule has 0 saturated carbocycles. The smallest absolute Gasteiger partial charge is 0.0314 e. The SMILES string of the molecule is Cc1sc(CNC2CCN3CCCC3C2)cc1Br. The van der Waals surface area contributed by atoms with Gasteiger partial charge in [0.15, 0.2) is 0 Å². The van der Waals surface area contributed by atoms with Crippen LogP contribution in [0.1, 0.15) is 35.4 Å². The van der Waals surface area contributed by atoms with Crippen molar-refractivity contribution in [1.82, 2.24) is 10.2 Å². The molecule has 2 unspecified atom stereocenters. The fourth-order valence-corrected chi connectivity index (χ4v) is 4.81. The summed E-state index contributed by atoms with van der Waals surface area (Å²) in [6.45, 7) is 5.85. The number of nitrogens with zero attached hydrogens (tertiary/aromatic N) is 1. The lowest BCUT2D eigenvalue weighted by atomic mass is 9.97. The lowest BCUT2D eigenvalue weighted by Crippen LogP contribution is -2.45. The Hall–Kier alpha value is 0.100. The van der Waals surface area contributed by atoms with Gasteiger partial charge in [-0.3, -0.25) is 0 Å². The van der Waals surface area contributed by atoms with E-state index in [9.17, 15) is 0 Å². The fourth-order valence-electron chi connectivity index (χ4n) is 3.26. The van der Waals surface area contributed by atoms with Crippen molar-refractivity contribution in [2.24, 2.45) is 0 Å². The van der Waals surface area contributed by atoms with Crippen LogP contribution in [0.15, 0.2) is 10.5 Å². The van der Waals surface area contributed by atoms with E-state index in [0.717, 1.165) is 18.6 Å². The molecule has 2 aliphatic rings. The Morgan fingerprint density at radius 2 is 2.33 bits per heavy atom. The standard InChI is InChI=1S/C14H21BrN2S/c1-10-14(15)8-13(18-10)9-16-11-4-6-17-5-2-3-12(17)7-11/h8,11-12,16H,2-7,9H2,1H3. The van der Waals surface area contributed by atoms with Gasteiger partial charge in [-0.2, -0.15) is 0 Å². The Morgan fingerprint density at radius 3 is 3.11 bits per heavy atom. The third kappa shape index (κ3) is 2.82. The van der Waals surface area contributed by atoms with Gasteiger partial charge < -0.3 is 10.2 Å². The maximum Gasteiger partial charge on any atom is 0.0314 e. The second-order valence-corrected chi connectivity index (χ2v) is 7.75. The van der Waals surface area contributed by atoms with Crippen LogP contribution in [0, 0.1) is 6.92 Å². The van der Waals surface area contributed by atoms with Gasteiger partial charge in [0.1, 0.15) is 0 Å². The summed E-state index contributed by atoms with van der Waals surface area (Å²) in [6, 6.07) is 3.86. The number of piperidine rings is 1. The predicted octanol–water partition coefficient (Wildman–Crippen LogP) is 3.54. The number of hydrogen-bond donors (Lipinski definition) is 1. The van der Waals surface area contributed by atoms with Gasteiger partial charge in [0.2, 0.25) is 0 Å². The molecule has 0 spiro atoms. The van der Waals surface area contributed by atoms with E-state index in [4.69, 9.17) is 0 Å². The van der Waals surface area contributed by atoms with Crippen molar-refractivity contribution in [3.05, 3.63) is 20.3 Å². The topological polar surface area (TPSA) is 15.3 Å². The van der Waals surface area contributed by atoms with Crippen LogP contribution in [-0.2, 0) is 6.54 Å². The number of rotatable bonds is 3. The van der Waals surface area contributed by atoms with Crippen LogP contribution >= 0.6 is 27.3 Å². The predicted molar refractivity (Wildman–Crippen MR) is 81.2 cm³/mol. The molecule has 100 valence electrons. The van der Waals surface area contributed by atoms with Crippen molar-refractivity contribution in [3.63, 3.8) is 0 Å². The Morgan fingerprint density at radius 1 is 1.44 bits per heavy atom. The zero-order valence-corrected chi connectivity index (χ0v) is 13.3. The summed E-state index contributed by atoms with van der Waals surface area (Å²) in [7, 11) is 0. The number of aryl methyl sites for hydroxylation is 1. The number of fused-ring (bicyclic) bond motifs is 1.